The minimum Gasteiger partial charge on any atom is -0.396 e. The van der Waals surface area contributed by atoms with E-state index in [1.54, 1.807) is 0 Å². The number of aliphatic hydroxyl groups excluding tert-OH is 1. The van der Waals surface area contributed by atoms with Crippen LogP contribution in [-0.4, -0.2) is 17.5 Å². The maximum Gasteiger partial charge on any atom is 0.165 e. The number of Topliss-reactive ketones (excluding diaryl/α,β-unsaturated/α-hetero) is 1. The number of carbonyl (C=O) groups excluding carboxylic acids is 1. The molecule has 0 saturated heterocycles. The Balaban J connectivity index is 2.81. The summed E-state index contributed by atoms with van der Waals surface area (Å²) in [6.45, 7) is -0.199. The summed E-state index contributed by atoms with van der Waals surface area (Å²) >= 11 is 0. The molecule has 0 aliphatic carbocycles. The summed E-state index contributed by atoms with van der Waals surface area (Å²) in [5.74, 6) is -0.671. The molecule has 0 amide bonds. The van der Waals surface area contributed by atoms with Gasteiger partial charge in [0.2, 0.25) is 0 Å². The van der Waals surface area contributed by atoms with Crippen molar-refractivity contribution in [2.24, 2.45) is 0 Å². The quantitative estimate of drug-likeness (QED) is 0.692. The van der Waals surface area contributed by atoms with Crippen molar-refractivity contribution in [2.75, 3.05) is 6.61 Å². The average molecular weight is 168 g/mol. The second-order valence-electron chi connectivity index (χ2n) is 2.41. The zero-order chi connectivity index (χ0) is 8.97. The molecule has 64 valence electrons. The van der Waals surface area contributed by atoms with Gasteiger partial charge in [-0.3, -0.25) is 4.79 Å². The van der Waals surface area contributed by atoms with E-state index in [-0.39, 0.29) is 18.8 Å². The van der Waals surface area contributed by atoms with E-state index < -0.39 is 5.82 Å². The Kier molecular flexibility index (Phi) is 2.94. The van der Waals surface area contributed by atoms with Crippen LogP contribution in [0.4, 0.5) is 4.39 Å². The summed E-state index contributed by atoms with van der Waals surface area (Å²) in [6, 6.07) is 5.44. The third-order valence-electron chi connectivity index (χ3n) is 1.49. The maximum atomic E-state index is 12.6. The van der Waals surface area contributed by atoms with Crippen molar-refractivity contribution in [2.45, 2.75) is 6.42 Å². The molecule has 0 atom stereocenters. The Hall–Kier alpha value is -1.22. The molecular weight excluding hydrogens is 159 g/mol. The van der Waals surface area contributed by atoms with Crippen LogP contribution in [0.1, 0.15) is 16.8 Å². The molecule has 1 aromatic rings. The van der Waals surface area contributed by atoms with Crippen molar-refractivity contribution in [1.29, 1.82) is 0 Å². The topological polar surface area (TPSA) is 37.3 Å². The van der Waals surface area contributed by atoms with Gasteiger partial charge >= 0.3 is 0 Å². The summed E-state index contributed by atoms with van der Waals surface area (Å²) < 4.78 is 12.6. The van der Waals surface area contributed by atoms with Gasteiger partial charge in [0.05, 0.1) is 6.61 Å². The zero-order valence-corrected chi connectivity index (χ0v) is 6.46. The Bertz CT molecular complexity index is 284. The van der Waals surface area contributed by atoms with E-state index in [0.717, 1.165) is 6.07 Å². The highest BCUT2D eigenvalue weighted by Crippen LogP contribution is 2.05. The van der Waals surface area contributed by atoms with Crippen LogP contribution in [0.5, 0.6) is 0 Å². The third-order valence-corrected chi connectivity index (χ3v) is 1.49. The average Bonchev–Trinajstić information content (AvgIpc) is 2.05. The first kappa shape index (κ1) is 8.87. The normalized spacial score (nSPS) is 9.83. The fourth-order valence-corrected chi connectivity index (χ4v) is 0.908. The maximum absolute atomic E-state index is 12.6. The Morgan fingerprint density at radius 3 is 2.83 bits per heavy atom. The van der Waals surface area contributed by atoms with Gasteiger partial charge in [-0.05, 0) is 12.1 Å². The largest absolute Gasteiger partial charge is 0.396 e. The third kappa shape index (κ3) is 2.13. The molecule has 0 heterocycles. The van der Waals surface area contributed by atoms with Crippen LogP contribution >= 0.6 is 0 Å². The van der Waals surface area contributed by atoms with Crippen molar-refractivity contribution in [3.8, 4) is 0 Å². The van der Waals surface area contributed by atoms with Gasteiger partial charge in [0.25, 0.3) is 0 Å². The van der Waals surface area contributed by atoms with Crippen LogP contribution in [0.15, 0.2) is 24.3 Å². The van der Waals surface area contributed by atoms with Gasteiger partial charge in [0, 0.05) is 12.0 Å². The van der Waals surface area contributed by atoms with Gasteiger partial charge in [0.15, 0.2) is 5.78 Å². The summed E-state index contributed by atoms with van der Waals surface area (Å²) in [5.41, 5.74) is 0.309. The summed E-state index contributed by atoms with van der Waals surface area (Å²) in [4.78, 5) is 11.1. The molecular formula is C9H9FO2. The molecule has 1 aromatic carbocycles. The minimum atomic E-state index is -0.432. The lowest BCUT2D eigenvalue weighted by atomic mass is 10.1. The molecule has 0 aliphatic rings. The highest BCUT2D eigenvalue weighted by atomic mass is 19.1. The molecule has 0 aliphatic heterocycles. The second kappa shape index (κ2) is 3.97. The van der Waals surface area contributed by atoms with E-state index in [0.29, 0.717) is 5.56 Å². The van der Waals surface area contributed by atoms with Gasteiger partial charge in [0.1, 0.15) is 5.82 Å². The van der Waals surface area contributed by atoms with Crippen LogP contribution in [0, 0.1) is 5.82 Å². The summed E-state index contributed by atoms with van der Waals surface area (Å²) in [5, 5.41) is 8.45. The number of aliphatic hydroxyl groups is 1. The van der Waals surface area contributed by atoms with Crippen LogP contribution < -0.4 is 0 Å². The number of halogens is 1. The predicted molar refractivity (Wildman–Crippen MR) is 42.4 cm³/mol. The van der Waals surface area contributed by atoms with Crippen LogP contribution in [0.3, 0.4) is 0 Å². The molecule has 0 spiro atoms. The lowest BCUT2D eigenvalue weighted by Gasteiger charge is -1.97. The molecule has 0 fully saturated rings. The molecule has 0 aromatic heterocycles. The molecule has 0 unspecified atom stereocenters. The van der Waals surface area contributed by atoms with Crippen molar-refractivity contribution in [1.82, 2.24) is 0 Å². The lowest BCUT2D eigenvalue weighted by Crippen LogP contribution is -2.01. The van der Waals surface area contributed by atoms with Gasteiger partial charge < -0.3 is 5.11 Å². The summed E-state index contributed by atoms with van der Waals surface area (Å²) in [6.07, 6.45) is 0.0451. The fraction of sp³-hybridized carbons (Fsp3) is 0.222. The number of benzene rings is 1. The zero-order valence-electron chi connectivity index (χ0n) is 6.46. The molecule has 1 N–H and O–H groups in total. The van der Waals surface area contributed by atoms with E-state index in [2.05, 4.69) is 0 Å². The van der Waals surface area contributed by atoms with Crippen molar-refractivity contribution in [3.05, 3.63) is 35.6 Å². The van der Waals surface area contributed by atoms with Gasteiger partial charge in [-0.2, -0.15) is 0 Å². The Morgan fingerprint density at radius 1 is 1.50 bits per heavy atom. The summed E-state index contributed by atoms with van der Waals surface area (Å²) in [7, 11) is 0. The number of hydrogen-bond donors (Lipinski definition) is 1. The minimum absolute atomic E-state index is 0.0451. The first-order chi connectivity index (χ1) is 5.74. The Labute approximate surface area is 69.6 Å². The number of carbonyl (C=O) groups is 1. The number of ketones is 1. The highest BCUT2D eigenvalue weighted by molar-refractivity contribution is 5.96. The van der Waals surface area contributed by atoms with E-state index in [1.807, 2.05) is 0 Å². The van der Waals surface area contributed by atoms with Gasteiger partial charge in [-0.1, -0.05) is 12.1 Å². The first-order valence-electron chi connectivity index (χ1n) is 3.63. The van der Waals surface area contributed by atoms with E-state index >= 15 is 0 Å². The highest BCUT2D eigenvalue weighted by Gasteiger charge is 2.04. The van der Waals surface area contributed by atoms with Crippen molar-refractivity contribution in [3.63, 3.8) is 0 Å². The first-order valence-corrected chi connectivity index (χ1v) is 3.63. The van der Waals surface area contributed by atoms with Gasteiger partial charge in [-0.15, -0.1) is 0 Å². The Morgan fingerprint density at radius 2 is 2.25 bits per heavy atom. The SMILES string of the molecule is O=C(CCO)c1cccc(F)c1. The smallest absolute Gasteiger partial charge is 0.165 e. The van der Waals surface area contributed by atoms with E-state index in [9.17, 15) is 9.18 Å². The lowest BCUT2D eigenvalue weighted by molar-refractivity contribution is 0.0956. The second-order valence-corrected chi connectivity index (χ2v) is 2.41. The van der Waals surface area contributed by atoms with Crippen molar-refractivity contribution >= 4 is 5.78 Å². The van der Waals surface area contributed by atoms with Gasteiger partial charge in [-0.25, -0.2) is 4.39 Å². The molecule has 0 radical (unpaired) electrons. The number of rotatable bonds is 3. The molecule has 0 bridgehead atoms. The predicted octanol–water partition coefficient (Wildman–Crippen LogP) is 1.39. The molecule has 3 heteroatoms. The molecule has 0 saturated carbocycles. The fourth-order valence-electron chi connectivity index (χ4n) is 0.908. The van der Waals surface area contributed by atoms with Crippen LogP contribution in [-0.2, 0) is 0 Å². The van der Waals surface area contributed by atoms with E-state index in [1.165, 1.54) is 18.2 Å². The molecule has 1 rings (SSSR count). The number of hydrogen-bond acceptors (Lipinski definition) is 2. The molecule has 2 nitrogen and oxygen atoms in total. The standard InChI is InChI=1S/C9H9FO2/c10-8-3-1-2-7(6-8)9(12)4-5-11/h1-3,6,11H,4-5H2. The monoisotopic (exact) mass is 168 g/mol. The van der Waals surface area contributed by atoms with Crippen molar-refractivity contribution < 1.29 is 14.3 Å². The molecule has 12 heavy (non-hydrogen) atoms. The van der Waals surface area contributed by atoms with Crippen LogP contribution in [0.2, 0.25) is 0 Å². The van der Waals surface area contributed by atoms with Crippen LogP contribution in [0.25, 0.3) is 0 Å². The van der Waals surface area contributed by atoms with E-state index in [4.69, 9.17) is 5.11 Å².